The number of hydrogen-bond donors (Lipinski definition) is 0. The van der Waals surface area contributed by atoms with Crippen molar-refractivity contribution in [3.8, 4) is 23.0 Å². The fourth-order valence-electron chi connectivity index (χ4n) is 4.26. The molecule has 3 aromatic rings. The average Bonchev–Trinajstić information content (AvgIpc) is 3.41. The summed E-state index contributed by atoms with van der Waals surface area (Å²) in [5.74, 6) is 2.28. The molecule has 0 saturated carbocycles. The molecule has 3 heterocycles. The summed E-state index contributed by atoms with van der Waals surface area (Å²) in [6, 6.07) is 10.2. The highest BCUT2D eigenvalue weighted by atomic mass is 32.1. The lowest BCUT2D eigenvalue weighted by atomic mass is 9.92. The Balaban J connectivity index is 1.73. The first kappa shape index (κ1) is 22.0. The normalized spacial score (nSPS) is 16.8. The summed E-state index contributed by atoms with van der Waals surface area (Å²) in [4.78, 5) is 31.5. The smallest absolute Gasteiger partial charge is 0.271 e. The van der Waals surface area contributed by atoms with E-state index in [-0.39, 0.29) is 18.1 Å². The van der Waals surface area contributed by atoms with Crippen molar-refractivity contribution >= 4 is 23.2 Å². The number of methoxy groups -OCH3 is 2. The first-order valence-electron chi connectivity index (χ1n) is 10.6. The number of thiazole rings is 1. The van der Waals surface area contributed by atoms with Crippen molar-refractivity contribution in [1.82, 2.24) is 4.57 Å². The summed E-state index contributed by atoms with van der Waals surface area (Å²) in [6.45, 7) is 3.45. The molecule has 2 aliphatic rings. The van der Waals surface area contributed by atoms with E-state index >= 15 is 0 Å². The quantitative estimate of drug-likeness (QED) is 0.560. The van der Waals surface area contributed by atoms with Crippen molar-refractivity contribution in [1.29, 1.82) is 0 Å². The number of aromatic nitrogens is 1. The molecule has 34 heavy (non-hydrogen) atoms. The lowest BCUT2D eigenvalue weighted by Crippen LogP contribution is -2.39. The number of hydrogen-bond acceptors (Lipinski definition) is 8. The van der Waals surface area contributed by atoms with E-state index in [1.54, 1.807) is 43.9 Å². The Bertz CT molecular complexity index is 1530. The Morgan fingerprint density at radius 1 is 1.15 bits per heavy atom. The molecule has 2 aromatic carbocycles. The number of allylic oxidation sites excluding steroid dienone is 2. The summed E-state index contributed by atoms with van der Waals surface area (Å²) in [5.41, 5.74) is 2.27. The minimum atomic E-state index is -0.673. The van der Waals surface area contributed by atoms with Gasteiger partial charge in [0.1, 0.15) is 11.5 Å². The van der Waals surface area contributed by atoms with Gasteiger partial charge in [-0.2, -0.15) is 0 Å². The van der Waals surface area contributed by atoms with Crippen LogP contribution in [0, 0.1) is 0 Å². The minimum Gasteiger partial charge on any atom is -0.497 e. The monoisotopic (exact) mass is 478 g/mol. The predicted octanol–water partition coefficient (Wildman–Crippen LogP) is 2.57. The topological polar surface area (TPSA) is 88.4 Å². The molecule has 8 nitrogen and oxygen atoms in total. The largest absolute Gasteiger partial charge is 0.497 e. The number of rotatable bonds is 5. The van der Waals surface area contributed by atoms with Crippen LogP contribution in [0.4, 0.5) is 0 Å². The maximum Gasteiger partial charge on any atom is 0.271 e. The second kappa shape index (κ2) is 8.49. The Labute approximate surface area is 199 Å². The lowest BCUT2D eigenvalue weighted by Gasteiger charge is -2.26. The van der Waals surface area contributed by atoms with Crippen LogP contribution in [0.25, 0.3) is 6.08 Å². The van der Waals surface area contributed by atoms with E-state index in [0.717, 1.165) is 5.56 Å². The van der Waals surface area contributed by atoms with E-state index in [1.165, 1.54) is 18.3 Å². The number of carbonyl (C=O) groups is 1. The summed E-state index contributed by atoms with van der Waals surface area (Å²) in [5, 5.41) is 0. The van der Waals surface area contributed by atoms with Crippen molar-refractivity contribution in [3.63, 3.8) is 0 Å². The number of carbonyl (C=O) groups excluding carboxylic acids is 1. The summed E-state index contributed by atoms with van der Waals surface area (Å²) in [6.07, 6.45) is 1.79. The van der Waals surface area contributed by atoms with Crippen LogP contribution < -0.4 is 33.8 Å². The standard InChI is InChI=1S/C25H22N2O6S/c1-13-22(14(2)28)23(17-7-6-16(30-3)11-19(17)31-4)27-24(29)21(34-25(27)26-13)10-15-5-8-18-20(9-15)33-12-32-18/h5-11,23H,12H2,1-4H3. The van der Waals surface area contributed by atoms with E-state index in [2.05, 4.69) is 4.99 Å². The third-order valence-corrected chi connectivity index (χ3v) is 6.81. The molecule has 9 heteroatoms. The molecule has 5 rings (SSSR count). The molecule has 0 bridgehead atoms. The molecule has 0 fully saturated rings. The van der Waals surface area contributed by atoms with Crippen molar-refractivity contribution < 1.29 is 23.7 Å². The van der Waals surface area contributed by atoms with Crippen LogP contribution >= 0.6 is 11.3 Å². The summed E-state index contributed by atoms with van der Waals surface area (Å²) >= 11 is 1.27. The maximum atomic E-state index is 13.7. The predicted molar refractivity (Wildman–Crippen MR) is 127 cm³/mol. The zero-order valence-corrected chi connectivity index (χ0v) is 19.9. The van der Waals surface area contributed by atoms with Gasteiger partial charge < -0.3 is 18.9 Å². The van der Waals surface area contributed by atoms with E-state index < -0.39 is 6.04 Å². The number of Topliss-reactive ketones (excluding diaryl/α,β-unsaturated/α-hetero) is 1. The fraction of sp³-hybridized carbons (Fsp3) is 0.240. The molecule has 0 N–H and O–H groups in total. The Hall–Kier alpha value is -3.85. The molecule has 1 aromatic heterocycles. The average molecular weight is 479 g/mol. The first-order valence-corrected chi connectivity index (χ1v) is 11.4. The number of ether oxygens (including phenoxy) is 4. The summed E-state index contributed by atoms with van der Waals surface area (Å²) < 4.78 is 23.8. The van der Waals surface area contributed by atoms with Gasteiger partial charge >= 0.3 is 0 Å². The van der Waals surface area contributed by atoms with Gasteiger partial charge in [0.2, 0.25) is 6.79 Å². The molecule has 2 aliphatic heterocycles. The molecule has 174 valence electrons. The molecule has 1 unspecified atom stereocenters. The second-order valence-corrected chi connectivity index (χ2v) is 8.87. The van der Waals surface area contributed by atoms with Crippen molar-refractivity contribution in [2.45, 2.75) is 19.9 Å². The number of benzene rings is 2. The van der Waals surface area contributed by atoms with Crippen LogP contribution in [0.5, 0.6) is 23.0 Å². The van der Waals surface area contributed by atoms with Crippen LogP contribution in [0.2, 0.25) is 0 Å². The fourth-order valence-corrected chi connectivity index (χ4v) is 5.31. The highest BCUT2D eigenvalue weighted by molar-refractivity contribution is 7.07. The van der Waals surface area contributed by atoms with Crippen LogP contribution in [0.3, 0.4) is 0 Å². The lowest BCUT2D eigenvalue weighted by molar-refractivity contribution is -0.114. The number of ketones is 1. The molecule has 0 radical (unpaired) electrons. The van der Waals surface area contributed by atoms with Gasteiger partial charge in [-0.25, -0.2) is 4.99 Å². The van der Waals surface area contributed by atoms with Crippen molar-refractivity contribution in [2.24, 2.45) is 4.99 Å². The highest BCUT2D eigenvalue weighted by Gasteiger charge is 2.32. The van der Waals surface area contributed by atoms with E-state index in [4.69, 9.17) is 18.9 Å². The van der Waals surface area contributed by atoms with Crippen LogP contribution in [0.15, 0.2) is 57.5 Å². The maximum absolute atomic E-state index is 13.7. The molecular formula is C25H22N2O6S. The third kappa shape index (κ3) is 3.58. The van der Waals surface area contributed by atoms with Gasteiger partial charge in [0.25, 0.3) is 5.56 Å². The van der Waals surface area contributed by atoms with E-state index in [0.29, 0.717) is 49.2 Å². The van der Waals surface area contributed by atoms with Crippen LogP contribution in [0.1, 0.15) is 31.0 Å². The minimum absolute atomic E-state index is 0.158. The van der Waals surface area contributed by atoms with Gasteiger partial charge in [0.05, 0.1) is 24.8 Å². The van der Waals surface area contributed by atoms with Gasteiger partial charge in [-0.15, -0.1) is 0 Å². The number of fused-ring (bicyclic) bond motifs is 2. The van der Waals surface area contributed by atoms with E-state index in [1.807, 2.05) is 24.3 Å². The Kier molecular flexibility index (Phi) is 5.49. The molecule has 0 aliphatic carbocycles. The van der Waals surface area contributed by atoms with Crippen LogP contribution in [-0.4, -0.2) is 31.4 Å². The van der Waals surface area contributed by atoms with Gasteiger partial charge in [-0.1, -0.05) is 17.4 Å². The zero-order chi connectivity index (χ0) is 24.0. The second-order valence-electron chi connectivity index (χ2n) is 7.86. The number of nitrogens with zero attached hydrogens (tertiary/aromatic N) is 2. The highest BCUT2D eigenvalue weighted by Crippen LogP contribution is 2.37. The Morgan fingerprint density at radius 2 is 1.94 bits per heavy atom. The Morgan fingerprint density at radius 3 is 2.68 bits per heavy atom. The van der Waals surface area contributed by atoms with Crippen molar-refractivity contribution in [2.75, 3.05) is 21.0 Å². The van der Waals surface area contributed by atoms with Gasteiger partial charge in [0.15, 0.2) is 22.1 Å². The van der Waals surface area contributed by atoms with Gasteiger partial charge in [0, 0.05) is 22.9 Å². The van der Waals surface area contributed by atoms with Crippen molar-refractivity contribution in [3.05, 3.63) is 78.5 Å². The summed E-state index contributed by atoms with van der Waals surface area (Å²) in [7, 11) is 3.12. The zero-order valence-electron chi connectivity index (χ0n) is 19.1. The molecule has 0 saturated heterocycles. The van der Waals surface area contributed by atoms with E-state index in [9.17, 15) is 9.59 Å². The molecule has 0 spiro atoms. The van der Waals surface area contributed by atoms with Crippen LogP contribution in [-0.2, 0) is 4.79 Å². The molecule has 0 amide bonds. The molecule has 1 atom stereocenters. The van der Waals surface area contributed by atoms with Gasteiger partial charge in [-0.3, -0.25) is 14.2 Å². The SMILES string of the molecule is COc1ccc(C2C(C(C)=O)=C(C)N=c3sc(=Cc4ccc5c(c4)OCO5)c(=O)n32)c(OC)c1. The molecular weight excluding hydrogens is 456 g/mol. The third-order valence-electron chi connectivity index (χ3n) is 5.83. The first-order chi connectivity index (χ1) is 16.4. The van der Waals surface area contributed by atoms with Gasteiger partial charge in [-0.05, 0) is 49.8 Å².